The predicted molar refractivity (Wildman–Crippen MR) is 71.2 cm³/mol. The zero-order chi connectivity index (χ0) is 12.1. The van der Waals surface area contributed by atoms with Crippen LogP contribution in [0, 0.1) is 0 Å². The standard InChI is InChI=1S/C13H21NO2S/c1-2-17-13-7-3-5-10(13)14-9-11(15)12-6-4-8-16-12/h4,6,8,10-11,13-15H,2-3,5,7,9H2,1H3. The van der Waals surface area contributed by atoms with Crippen LogP contribution in [0.5, 0.6) is 0 Å². The summed E-state index contributed by atoms with van der Waals surface area (Å²) in [6.07, 6.45) is 4.89. The van der Waals surface area contributed by atoms with Gasteiger partial charge in [-0.3, -0.25) is 0 Å². The van der Waals surface area contributed by atoms with Gasteiger partial charge in [0, 0.05) is 17.8 Å². The Hall–Kier alpha value is -0.450. The lowest BCUT2D eigenvalue weighted by Crippen LogP contribution is -2.36. The molecule has 1 aliphatic carbocycles. The van der Waals surface area contributed by atoms with Gasteiger partial charge in [0.1, 0.15) is 11.9 Å². The molecule has 2 rings (SSSR count). The number of nitrogens with one attached hydrogen (secondary N) is 1. The van der Waals surface area contributed by atoms with Crippen LogP contribution in [0.15, 0.2) is 22.8 Å². The molecule has 0 radical (unpaired) electrons. The third kappa shape index (κ3) is 3.50. The number of aliphatic hydroxyl groups is 1. The average molecular weight is 255 g/mol. The van der Waals surface area contributed by atoms with Gasteiger partial charge in [0.25, 0.3) is 0 Å². The van der Waals surface area contributed by atoms with Crippen LogP contribution in [0.1, 0.15) is 38.1 Å². The van der Waals surface area contributed by atoms with Gasteiger partial charge in [-0.1, -0.05) is 13.3 Å². The molecule has 3 unspecified atom stereocenters. The number of furan rings is 1. The van der Waals surface area contributed by atoms with E-state index in [4.69, 9.17) is 4.42 Å². The first-order valence-electron chi connectivity index (χ1n) is 6.37. The van der Waals surface area contributed by atoms with E-state index >= 15 is 0 Å². The van der Waals surface area contributed by atoms with Crippen molar-refractivity contribution in [3.8, 4) is 0 Å². The van der Waals surface area contributed by atoms with Crippen molar-refractivity contribution in [2.75, 3.05) is 12.3 Å². The molecular weight excluding hydrogens is 234 g/mol. The van der Waals surface area contributed by atoms with E-state index in [1.54, 1.807) is 6.26 Å². The molecule has 0 spiro atoms. The fraction of sp³-hybridized carbons (Fsp3) is 0.692. The highest BCUT2D eigenvalue weighted by atomic mass is 32.2. The van der Waals surface area contributed by atoms with Crippen LogP contribution in [-0.4, -0.2) is 28.7 Å². The summed E-state index contributed by atoms with van der Waals surface area (Å²) >= 11 is 2.03. The van der Waals surface area contributed by atoms with Gasteiger partial charge in [-0.2, -0.15) is 11.8 Å². The Labute approximate surface area is 107 Å². The molecular formula is C13H21NO2S. The zero-order valence-corrected chi connectivity index (χ0v) is 11.1. The number of thioether (sulfide) groups is 1. The molecule has 0 aliphatic heterocycles. The quantitative estimate of drug-likeness (QED) is 0.820. The lowest BCUT2D eigenvalue weighted by molar-refractivity contribution is 0.144. The molecule has 1 fully saturated rings. The molecule has 17 heavy (non-hydrogen) atoms. The fourth-order valence-electron chi connectivity index (χ4n) is 2.42. The Morgan fingerprint density at radius 1 is 1.59 bits per heavy atom. The van der Waals surface area contributed by atoms with Crippen molar-refractivity contribution in [2.45, 2.75) is 43.6 Å². The maximum atomic E-state index is 9.92. The molecule has 96 valence electrons. The van der Waals surface area contributed by atoms with Gasteiger partial charge in [0.05, 0.1) is 6.26 Å². The smallest absolute Gasteiger partial charge is 0.133 e. The number of aliphatic hydroxyl groups excluding tert-OH is 1. The van der Waals surface area contributed by atoms with Gasteiger partial charge in [-0.15, -0.1) is 0 Å². The highest BCUT2D eigenvalue weighted by Crippen LogP contribution is 2.30. The van der Waals surface area contributed by atoms with Gasteiger partial charge < -0.3 is 14.8 Å². The first-order chi connectivity index (χ1) is 8.31. The Bertz CT molecular complexity index is 315. The van der Waals surface area contributed by atoms with Gasteiger partial charge in [0.15, 0.2) is 0 Å². The second kappa shape index (κ2) is 6.47. The molecule has 3 nitrogen and oxygen atoms in total. The minimum absolute atomic E-state index is 0.530. The zero-order valence-electron chi connectivity index (χ0n) is 10.3. The topological polar surface area (TPSA) is 45.4 Å². The molecule has 0 saturated heterocycles. The maximum Gasteiger partial charge on any atom is 0.133 e. The van der Waals surface area contributed by atoms with E-state index in [0.717, 1.165) is 0 Å². The van der Waals surface area contributed by atoms with Crippen molar-refractivity contribution in [3.05, 3.63) is 24.2 Å². The third-order valence-corrected chi connectivity index (χ3v) is 4.60. The van der Waals surface area contributed by atoms with E-state index < -0.39 is 6.10 Å². The summed E-state index contributed by atoms with van der Waals surface area (Å²) in [7, 11) is 0. The molecule has 1 aliphatic rings. The van der Waals surface area contributed by atoms with E-state index in [1.165, 1.54) is 25.0 Å². The normalized spacial score (nSPS) is 26.2. The highest BCUT2D eigenvalue weighted by molar-refractivity contribution is 7.99. The number of rotatable bonds is 6. The second-order valence-electron chi connectivity index (χ2n) is 4.47. The summed E-state index contributed by atoms with van der Waals surface area (Å²) in [5.41, 5.74) is 0. The second-order valence-corrected chi connectivity index (χ2v) is 5.99. The molecule has 0 aromatic carbocycles. The average Bonchev–Trinajstić information content (AvgIpc) is 2.97. The van der Waals surface area contributed by atoms with Crippen molar-refractivity contribution < 1.29 is 9.52 Å². The summed E-state index contributed by atoms with van der Waals surface area (Å²) in [6, 6.07) is 4.17. The van der Waals surface area contributed by atoms with Crippen molar-refractivity contribution in [1.82, 2.24) is 5.32 Å². The molecule has 1 aromatic heterocycles. The molecule has 1 aromatic rings. The van der Waals surface area contributed by atoms with E-state index in [-0.39, 0.29) is 0 Å². The molecule has 2 N–H and O–H groups in total. The third-order valence-electron chi connectivity index (χ3n) is 3.28. The lowest BCUT2D eigenvalue weighted by atomic mass is 10.2. The molecule has 4 heteroatoms. The number of hydrogen-bond donors (Lipinski definition) is 2. The predicted octanol–water partition coefficient (Wildman–Crippen LogP) is 2.58. The van der Waals surface area contributed by atoms with Crippen molar-refractivity contribution in [1.29, 1.82) is 0 Å². The lowest BCUT2D eigenvalue weighted by Gasteiger charge is -2.21. The van der Waals surface area contributed by atoms with Crippen molar-refractivity contribution in [3.63, 3.8) is 0 Å². The Morgan fingerprint density at radius 2 is 2.47 bits per heavy atom. The largest absolute Gasteiger partial charge is 0.467 e. The van der Waals surface area contributed by atoms with E-state index in [0.29, 0.717) is 23.6 Å². The van der Waals surface area contributed by atoms with Gasteiger partial charge >= 0.3 is 0 Å². The van der Waals surface area contributed by atoms with Crippen molar-refractivity contribution in [2.24, 2.45) is 0 Å². The highest BCUT2D eigenvalue weighted by Gasteiger charge is 2.27. The molecule has 1 heterocycles. The summed E-state index contributed by atoms with van der Waals surface area (Å²) in [5.74, 6) is 1.82. The van der Waals surface area contributed by atoms with Crippen LogP contribution < -0.4 is 5.32 Å². The first kappa shape index (κ1) is 13.0. The van der Waals surface area contributed by atoms with Gasteiger partial charge in [-0.25, -0.2) is 0 Å². The Morgan fingerprint density at radius 3 is 3.18 bits per heavy atom. The SMILES string of the molecule is CCSC1CCCC1NCC(O)c1ccco1. The van der Waals surface area contributed by atoms with Crippen LogP contribution in [-0.2, 0) is 0 Å². The summed E-state index contributed by atoms with van der Waals surface area (Å²) < 4.78 is 5.19. The first-order valence-corrected chi connectivity index (χ1v) is 7.42. The molecule has 3 atom stereocenters. The molecule has 0 bridgehead atoms. The van der Waals surface area contributed by atoms with E-state index in [2.05, 4.69) is 12.2 Å². The molecule has 1 saturated carbocycles. The molecule has 0 amide bonds. The minimum atomic E-state index is -0.530. The monoisotopic (exact) mass is 255 g/mol. The summed E-state index contributed by atoms with van der Waals surface area (Å²) in [6.45, 7) is 2.79. The van der Waals surface area contributed by atoms with E-state index in [1.807, 2.05) is 23.9 Å². The maximum absolute atomic E-state index is 9.92. The van der Waals surface area contributed by atoms with Crippen molar-refractivity contribution >= 4 is 11.8 Å². The Kier molecular flexibility index (Phi) is 4.95. The van der Waals surface area contributed by atoms with Crippen LogP contribution in [0.25, 0.3) is 0 Å². The number of hydrogen-bond acceptors (Lipinski definition) is 4. The van der Waals surface area contributed by atoms with Gasteiger partial charge in [0.2, 0.25) is 0 Å². The van der Waals surface area contributed by atoms with Crippen LogP contribution >= 0.6 is 11.8 Å². The van der Waals surface area contributed by atoms with Crippen LogP contribution in [0.2, 0.25) is 0 Å². The summed E-state index contributed by atoms with van der Waals surface area (Å²) in [4.78, 5) is 0. The van der Waals surface area contributed by atoms with Gasteiger partial charge in [-0.05, 0) is 30.7 Å². The fourth-order valence-corrected chi connectivity index (χ4v) is 3.64. The van der Waals surface area contributed by atoms with E-state index in [9.17, 15) is 5.11 Å². The minimum Gasteiger partial charge on any atom is -0.467 e. The van der Waals surface area contributed by atoms with Crippen LogP contribution in [0.4, 0.5) is 0 Å². The summed E-state index contributed by atoms with van der Waals surface area (Å²) in [5, 5.41) is 14.1. The Balaban J connectivity index is 1.77. The van der Waals surface area contributed by atoms with Crippen LogP contribution in [0.3, 0.4) is 0 Å².